The maximum absolute atomic E-state index is 12.1. The molecule has 0 N–H and O–H groups in total. The zero-order chi connectivity index (χ0) is 17.6. The van der Waals surface area contributed by atoms with Gasteiger partial charge in [-0.15, -0.1) is 6.42 Å². The summed E-state index contributed by atoms with van der Waals surface area (Å²) in [6.45, 7) is 7.90. The van der Waals surface area contributed by atoms with E-state index in [1.54, 1.807) is 4.90 Å². The maximum atomic E-state index is 12.1. The highest BCUT2D eigenvalue weighted by Crippen LogP contribution is 2.32. The average molecular weight is 329 g/mol. The molecule has 130 valence electrons. The lowest BCUT2D eigenvalue weighted by molar-refractivity contribution is -0.00157. The first-order valence-corrected chi connectivity index (χ1v) is 8.41. The first-order valence-electron chi connectivity index (χ1n) is 8.41. The van der Waals surface area contributed by atoms with E-state index in [1.807, 2.05) is 51.1 Å². The van der Waals surface area contributed by atoms with Crippen LogP contribution in [0.15, 0.2) is 30.3 Å². The molecule has 0 spiro atoms. The highest BCUT2D eigenvalue weighted by Gasteiger charge is 2.36. The van der Waals surface area contributed by atoms with E-state index < -0.39 is 5.60 Å². The molecule has 1 aliphatic heterocycles. The number of ether oxygens (including phenoxy) is 2. The van der Waals surface area contributed by atoms with Crippen LogP contribution in [0.4, 0.5) is 4.79 Å². The second-order valence-corrected chi connectivity index (χ2v) is 7.37. The Morgan fingerprint density at radius 1 is 1.25 bits per heavy atom. The Hall–Kier alpha value is -1.99. The van der Waals surface area contributed by atoms with Crippen LogP contribution in [-0.2, 0) is 16.1 Å². The van der Waals surface area contributed by atoms with Gasteiger partial charge in [-0.1, -0.05) is 36.3 Å². The number of likely N-dealkylation sites (tertiary alicyclic amines) is 1. The summed E-state index contributed by atoms with van der Waals surface area (Å²) in [5, 5.41) is 0. The fraction of sp³-hybridized carbons (Fsp3) is 0.550. The number of carbonyl (C=O) groups excluding carboxylic acids is 1. The first-order chi connectivity index (χ1) is 11.3. The van der Waals surface area contributed by atoms with Crippen LogP contribution >= 0.6 is 0 Å². The SMILES string of the molecule is C#CC1(COCc2ccccc2)CCN(C(=O)OC(C)(C)C)CC1. The molecule has 24 heavy (non-hydrogen) atoms. The molecule has 0 bridgehead atoms. The minimum atomic E-state index is -0.476. The summed E-state index contributed by atoms with van der Waals surface area (Å²) in [6, 6.07) is 10.0. The molecule has 1 fully saturated rings. The quantitative estimate of drug-likeness (QED) is 0.788. The van der Waals surface area contributed by atoms with Gasteiger partial charge in [-0.3, -0.25) is 0 Å². The summed E-state index contributed by atoms with van der Waals surface area (Å²) in [6.07, 6.45) is 6.98. The predicted molar refractivity (Wildman–Crippen MR) is 94.4 cm³/mol. The van der Waals surface area contributed by atoms with Gasteiger partial charge in [0.2, 0.25) is 0 Å². The van der Waals surface area contributed by atoms with Crippen LogP contribution in [0.5, 0.6) is 0 Å². The van der Waals surface area contributed by atoms with E-state index in [9.17, 15) is 4.79 Å². The van der Waals surface area contributed by atoms with E-state index in [2.05, 4.69) is 5.92 Å². The molecule has 1 amide bonds. The van der Waals surface area contributed by atoms with Gasteiger partial charge < -0.3 is 14.4 Å². The molecule has 1 saturated heterocycles. The van der Waals surface area contributed by atoms with E-state index in [0.29, 0.717) is 26.3 Å². The van der Waals surface area contributed by atoms with E-state index >= 15 is 0 Å². The maximum Gasteiger partial charge on any atom is 0.410 e. The summed E-state index contributed by atoms with van der Waals surface area (Å²) < 4.78 is 11.3. The highest BCUT2D eigenvalue weighted by atomic mass is 16.6. The number of carbonyl (C=O) groups is 1. The van der Waals surface area contributed by atoms with E-state index in [1.165, 1.54) is 0 Å². The van der Waals surface area contributed by atoms with E-state index in [4.69, 9.17) is 15.9 Å². The van der Waals surface area contributed by atoms with Crippen LogP contribution in [0.2, 0.25) is 0 Å². The largest absolute Gasteiger partial charge is 0.444 e. The Kier molecular flexibility index (Phi) is 5.90. The minimum absolute atomic E-state index is 0.265. The number of piperidine rings is 1. The molecule has 0 saturated carbocycles. The molecular formula is C20H27NO3. The van der Waals surface area contributed by atoms with Gasteiger partial charge in [-0.05, 0) is 39.2 Å². The van der Waals surface area contributed by atoms with Gasteiger partial charge in [0, 0.05) is 13.1 Å². The molecule has 0 atom stereocenters. The third-order valence-electron chi connectivity index (χ3n) is 4.17. The molecule has 4 heteroatoms. The Morgan fingerprint density at radius 2 is 1.88 bits per heavy atom. The summed E-state index contributed by atoms with van der Waals surface area (Å²) in [5.41, 5.74) is 0.361. The molecule has 0 radical (unpaired) electrons. The molecule has 2 rings (SSSR count). The number of amides is 1. The summed E-state index contributed by atoms with van der Waals surface area (Å²) in [7, 11) is 0. The standard InChI is InChI=1S/C20H27NO3/c1-5-20(16-23-15-17-9-7-6-8-10-17)11-13-21(14-12-20)18(22)24-19(2,3)4/h1,6-10H,11-16H2,2-4H3. The zero-order valence-electron chi connectivity index (χ0n) is 14.9. The molecule has 0 aliphatic carbocycles. The molecular weight excluding hydrogens is 302 g/mol. The Morgan fingerprint density at radius 3 is 2.42 bits per heavy atom. The zero-order valence-corrected chi connectivity index (χ0v) is 14.9. The van der Waals surface area contributed by atoms with E-state index in [0.717, 1.165) is 18.4 Å². The minimum Gasteiger partial charge on any atom is -0.444 e. The third-order valence-corrected chi connectivity index (χ3v) is 4.17. The van der Waals surface area contributed by atoms with Crippen molar-refractivity contribution in [2.24, 2.45) is 5.41 Å². The third kappa shape index (κ3) is 5.28. The number of terminal acetylenes is 1. The van der Waals surface area contributed by atoms with Crippen molar-refractivity contribution in [1.82, 2.24) is 4.90 Å². The Balaban J connectivity index is 1.83. The van der Waals surface area contributed by atoms with Crippen LogP contribution < -0.4 is 0 Å². The lowest BCUT2D eigenvalue weighted by Gasteiger charge is -2.38. The monoisotopic (exact) mass is 329 g/mol. The topological polar surface area (TPSA) is 38.8 Å². The van der Waals surface area contributed by atoms with Gasteiger partial charge in [0.15, 0.2) is 0 Å². The number of hydrogen-bond acceptors (Lipinski definition) is 3. The molecule has 0 aromatic heterocycles. The predicted octanol–water partition coefficient (Wildman–Crippen LogP) is 3.85. The summed E-state index contributed by atoms with van der Waals surface area (Å²) >= 11 is 0. The second kappa shape index (κ2) is 7.72. The van der Waals surface area contributed by atoms with Crippen molar-refractivity contribution in [1.29, 1.82) is 0 Å². The van der Waals surface area contributed by atoms with Gasteiger partial charge in [-0.2, -0.15) is 0 Å². The summed E-state index contributed by atoms with van der Waals surface area (Å²) in [4.78, 5) is 13.9. The molecule has 4 nitrogen and oxygen atoms in total. The fourth-order valence-corrected chi connectivity index (χ4v) is 2.71. The van der Waals surface area contributed by atoms with Gasteiger partial charge in [0.25, 0.3) is 0 Å². The van der Waals surface area contributed by atoms with Crippen LogP contribution in [0.25, 0.3) is 0 Å². The van der Waals surface area contributed by atoms with Crippen LogP contribution in [-0.4, -0.2) is 36.3 Å². The van der Waals surface area contributed by atoms with Crippen LogP contribution in [0, 0.1) is 17.8 Å². The number of hydrogen-bond donors (Lipinski definition) is 0. The normalized spacial score (nSPS) is 17.2. The number of rotatable bonds is 4. The fourth-order valence-electron chi connectivity index (χ4n) is 2.71. The lowest BCUT2D eigenvalue weighted by atomic mass is 9.80. The van der Waals surface area contributed by atoms with Crippen molar-refractivity contribution in [3.8, 4) is 12.3 Å². The van der Waals surface area contributed by atoms with Crippen molar-refractivity contribution in [2.75, 3.05) is 19.7 Å². The Labute approximate surface area is 145 Å². The highest BCUT2D eigenvalue weighted by molar-refractivity contribution is 5.68. The average Bonchev–Trinajstić information content (AvgIpc) is 2.55. The van der Waals surface area contributed by atoms with Gasteiger partial charge in [0.1, 0.15) is 5.60 Å². The van der Waals surface area contributed by atoms with Gasteiger partial charge >= 0.3 is 6.09 Å². The van der Waals surface area contributed by atoms with Crippen molar-refractivity contribution in [3.63, 3.8) is 0 Å². The first kappa shape index (κ1) is 18.4. The Bertz CT molecular complexity index is 575. The van der Waals surface area contributed by atoms with Crippen LogP contribution in [0.3, 0.4) is 0 Å². The van der Waals surface area contributed by atoms with Crippen molar-refractivity contribution in [2.45, 2.75) is 45.8 Å². The molecule has 1 aromatic rings. The smallest absolute Gasteiger partial charge is 0.410 e. The number of nitrogens with zero attached hydrogens (tertiary/aromatic N) is 1. The molecule has 1 aliphatic rings. The number of benzene rings is 1. The van der Waals surface area contributed by atoms with Crippen LogP contribution in [0.1, 0.15) is 39.2 Å². The van der Waals surface area contributed by atoms with E-state index in [-0.39, 0.29) is 11.5 Å². The molecule has 1 aromatic carbocycles. The molecule has 0 unspecified atom stereocenters. The van der Waals surface area contributed by atoms with Crippen molar-refractivity contribution < 1.29 is 14.3 Å². The summed E-state index contributed by atoms with van der Waals surface area (Å²) in [5.74, 6) is 2.91. The van der Waals surface area contributed by atoms with Gasteiger partial charge in [0.05, 0.1) is 18.6 Å². The van der Waals surface area contributed by atoms with Crippen molar-refractivity contribution >= 4 is 6.09 Å². The molecule has 1 heterocycles. The lowest BCUT2D eigenvalue weighted by Crippen LogP contribution is -2.46. The van der Waals surface area contributed by atoms with Crippen molar-refractivity contribution in [3.05, 3.63) is 35.9 Å². The van der Waals surface area contributed by atoms with Gasteiger partial charge in [-0.25, -0.2) is 4.79 Å². The second-order valence-electron chi connectivity index (χ2n) is 7.37.